The van der Waals surface area contributed by atoms with Gasteiger partial charge < -0.3 is 9.84 Å². The lowest BCUT2D eigenvalue weighted by molar-refractivity contribution is -0.121. The fourth-order valence-corrected chi connectivity index (χ4v) is 3.75. The van der Waals surface area contributed by atoms with Crippen LogP contribution in [0.4, 0.5) is 0 Å². The largest absolute Gasteiger partial charge is 0.356 e. The van der Waals surface area contributed by atoms with Crippen LogP contribution in [0.5, 0.6) is 0 Å². The Kier molecular flexibility index (Phi) is 6.07. The number of nitrogens with one attached hydrogen (secondary N) is 1. The average molecular weight is 406 g/mol. The Labute approximate surface area is 174 Å². The molecule has 3 aromatic rings. The van der Waals surface area contributed by atoms with Crippen LogP contribution in [0, 0.1) is 6.92 Å². The number of amides is 1. The van der Waals surface area contributed by atoms with E-state index in [9.17, 15) is 9.59 Å². The van der Waals surface area contributed by atoms with Gasteiger partial charge in [-0.15, -0.1) is 0 Å². The summed E-state index contributed by atoms with van der Waals surface area (Å²) < 4.78 is 6.69. The van der Waals surface area contributed by atoms with Gasteiger partial charge >= 0.3 is 0 Å². The molecule has 1 aromatic carbocycles. The second-order valence-electron chi connectivity index (χ2n) is 7.78. The minimum absolute atomic E-state index is 0.0671. The van der Waals surface area contributed by atoms with E-state index in [2.05, 4.69) is 21.5 Å². The molecule has 0 aliphatic heterocycles. The quantitative estimate of drug-likeness (QED) is 0.604. The van der Waals surface area contributed by atoms with E-state index < -0.39 is 0 Å². The molecule has 2 heterocycles. The third-order valence-corrected chi connectivity index (χ3v) is 5.52. The van der Waals surface area contributed by atoms with Crippen molar-refractivity contribution in [2.24, 2.45) is 0 Å². The standard InChI is InChI=1S/C23H26N4O3/c1-16-7-9-18(10-8-16)21-20-22(30-26-21)25-15-27(23(20)29)14-12-19(28)24-13-11-17-5-3-2-4-6-17/h5,7-10,15H,2-4,6,11-14H2,1H3,(H,24,28). The molecule has 0 unspecified atom stereocenters. The molecule has 1 aliphatic rings. The topological polar surface area (TPSA) is 90.0 Å². The molecule has 0 radical (unpaired) electrons. The number of hydrogen-bond donors (Lipinski definition) is 1. The summed E-state index contributed by atoms with van der Waals surface area (Å²) in [6.45, 7) is 2.89. The third kappa shape index (κ3) is 4.50. The molecule has 156 valence electrons. The van der Waals surface area contributed by atoms with Crippen molar-refractivity contribution in [2.75, 3.05) is 6.54 Å². The van der Waals surface area contributed by atoms with Crippen LogP contribution in [0.25, 0.3) is 22.4 Å². The number of carbonyl (C=O) groups excluding carboxylic acids is 1. The van der Waals surface area contributed by atoms with Gasteiger partial charge in [0, 0.05) is 25.1 Å². The van der Waals surface area contributed by atoms with Crippen LogP contribution < -0.4 is 10.9 Å². The van der Waals surface area contributed by atoms with Crippen molar-refractivity contribution < 1.29 is 9.32 Å². The van der Waals surface area contributed by atoms with Gasteiger partial charge in [0.25, 0.3) is 11.3 Å². The predicted molar refractivity (Wildman–Crippen MR) is 115 cm³/mol. The smallest absolute Gasteiger partial charge is 0.266 e. The second kappa shape index (κ2) is 9.07. The van der Waals surface area contributed by atoms with Crippen LogP contribution in [-0.4, -0.2) is 27.2 Å². The van der Waals surface area contributed by atoms with Crippen LogP contribution in [0.1, 0.15) is 44.1 Å². The minimum atomic E-state index is -0.253. The molecule has 0 fully saturated rings. The van der Waals surface area contributed by atoms with Gasteiger partial charge in [-0.1, -0.05) is 46.6 Å². The number of allylic oxidation sites excluding steroid dienone is 1. The molecular formula is C23H26N4O3. The highest BCUT2D eigenvalue weighted by Gasteiger charge is 2.17. The fourth-order valence-electron chi connectivity index (χ4n) is 3.75. The van der Waals surface area contributed by atoms with Crippen molar-refractivity contribution in [2.45, 2.75) is 52.0 Å². The van der Waals surface area contributed by atoms with E-state index >= 15 is 0 Å². The number of hydrogen-bond acceptors (Lipinski definition) is 5. The Morgan fingerprint density at radius 1 is 1.23 bits per heavy atom. The number of nitrogens with zero attached hydrogens (tertiary/aromatic N) is 3. The van der Waals surface area contributed by atoms with E-state index in [0.29, 0.717) is 17.6 Å². The molecule has 7 heteroatoms. The molecule has 0 atom stereocenters. The first kappa shape index (κ1) is 20.1. The maximum absolute atomic E-state index is 13.0. The summed E-state index contributed by atoms with van der Waals surface area (Å²) in [5.74, 6) is -0.0671. The lowest BCUT2D eigenvalue weighted by Gasteiger charge is -2.13. The van der Waals surface area contributed by atoms with Gasteiger partial charge in [0.15, 0.2) is 0 Å². The Morgan fingerprint density at radius 3 is 2.83 bits per heavy atom. The Hall–Kier alpha value is -3.22. The van der Waals surface area contributed by atoms with Crippen LogP contribution in [-0.2, 0) is 11.3 Å². The van der Waals surface area contributed by atoms with Gasteiger partial charge in [-0.25, -0.2) is 4.98 Å². The lowest BCUT2D eigenvalue weighted by Crippen LogP contribution is -2.28. The molecule has 4 rings (SSSR count). The number of aromatic nitrogens is 3. The molecule has 0 saturated heterocycles. The van der Waals surface area contributed by atoms with E-state index in [4.69, 9.17) is 4.52 Å². The van der Waals surface area contributed by atoms with E-state index in [0.717, 1.165) is 30.4 Å². The van der Waals surface area contributed by atoms with Crippen LogP contribution in [0.2, 0.25) is 0 Å². The van der Waals surface area contributed by atoms with Crippen molar-refractivity contribution in [3.05, 3.63) is 58.2 Å². The zero-order valence-corrected chi connectivity index (χ0v) is 17.2. The summed E-state index contributed by atoms with van der Waals surface area (Å²) in [5, 5.41) is 7.33. The summed E-state index contributed by atoms with van der Waals surface area (Å²) in [5.41, 5.74) is 3.78. The molecule has 1 amide bonds. The van der Waals surface area contributed by atoms with Gasteiger partial charge in [0.2, 0.25) is 5.91 Å². The van der Waals surface area contributed by atoms with E-state index in [1.807, 2.05) is 31.2 Å². The molecule has 1 aliphatic carbocycles. The summed E-state index contributed by atoms with van der Waals surface area (Å²) >= 11 is 0. The molecule has 30 heavy (non-hydrogen) atoms. The highest BCUT2D eigenvalue weighted by atomic mass is 16.5. The van der Waals surface area contributed by atoms with E-state index in [1.165, 1.54) is 29.3 Å². The van der Waals surface area contributed by atoms with Crippen molar-refractivity contribution >= 4 is 17.0 Å². The molecule has 0 spiro atoms. The molecular weight excluding hydrogens is 380 g/mol. The van der Waals surface area contributed by atoms with Gasteiger partial charge in [-0.3, -0.25) is 14.2 Å². The van der Waals surface area contributed by atoms with Gasteiger partial charge in [-0.05, 0) is 39.0 Å². The van der Waals surface area contributed by atoms with Crippen molar-refractivity contribution in [1.29, 1.82) is 0 Å². The number of aryl methyl sites for hydroxylation is 2. The normalized spacial score (nSPS) is 14.0. The first-order valence-corrected chi connectivity index (χ1v) is 10.5. The molecule has 1 N–H and O–H groups in total. The SMILES string of the molecule is Cc1ccc(-c2noc3ncn(CCC(=O)NCCC4=CCCCC4)c(=O)c23)cc1. The number of rotatable bonds is 7. The summed E-state index contributed by atoms with van der Waals surface area (Å²) in [6.07, 6.45) is 9.62. The maximum Gasteiger partial charge on any atom is 0.266 e. The van der Waals surface area contributed by atoms with Crippen LogP contribution >= 0.6 is 0 Å². The highest BCUT2D eigenvalue weighted by Crippen LogP contribution is 2.24. The van der Waals surface area contributed by atoms with Crippen LogP contribution in [0.15, 0.2) is 51.6 Å². The molecule has 2 aromatic heterocycles. The monoisotopic (exact) mass is 406 g/mol. The molecule has 7 nitrogen and oxygen atoms in total. The Balaban J connectivity index is 1.41. The average Bonchev–Trinajstić information content (AvgIpc) is 3.19. The Bertz CT molecular complexity index is 1130. The Morgan fingerprint density at radius 2 is 2.07 bits per heavy atom. The first-order chi connectivity index (χ1) is 14.6. The summed E-state index contributed by atoms with van der Waals surface area (Å²) in [7, 11) is 0. The summed E-state index contributed by atoms with van der Waals surface area (Å²) in [4.78, 5) is 29.4. The molecule has 0 saturated carbocycles. The van der Waals surface area contributed by atoms with Gasteiger partial charge in [-0.2, -0.15) is 0 Å². The predicted octanol–water partition coefficient (Wildman–Crippen LogP) is 3.76. The van der Waals surface area contributed by atoms with Crippen LogP contribution in [0.3, 0.4) is 0 Å². The number of benzene rings is 1. The zero-order valence-electron chi connectivity index (χ0n) is 17.2. The number of carbonyl (C=O) groups is 1. The van der Waals surface area contributed by atoms with E-state index in [1.54, 1.807) is 0 Å². The van der Waals surface area contributed by atoms with Gasteiger partial charge in [0.1, 0.15) is 17.4 Å². The second-order valence-corrected chi connectivity index (χ2v) is 7.78. The zero-order chi connectivity index (χ0) is 20.9. The summed E-state index contributed by atoms with van der Waals surface area (Å²) in [6, 6.07) is 7.72. The van der Waals surface area contributed by atoms with E-state index in [-0.39, 0.29) is 30.1 Å². The third-order valence-electron chi connectivity index (χ3n) is 5.52. The van der Waals surface area contributed by atoms with Crippen molar-refractivity contribution in [3.8, 4) is 11.3 Å². The lowest BCUT2D eigenvalue weighted by atomic mass is 9.97. The number of fused-ring (bicyclic) bond motifs is 1. The van der Waals surface area contributed by atoms with Crippen molar-refractivity contribution in [1.82, 2.24) is 20.0 Å². The highest BCUT2D eigenvalue weighted by molar-refractivity contribution is 5.88. The minimum Gasteiger partial charge on any atom is -0.356 e. The molecule has 0 bridgehead atoms. The van der Waals surface area contributed by atoms with Gasteiger partial charge in [0.05, 0.1) is 0 Å². The first-order valence-electron chi connectivity index (χ1n) is 10.5. The fraction of sp³-hybridized carbons (Fsp3) is 0.391. The maximum atomic E-state index is 13.0. The van der Waals surface area contributed by atoms with Crippen molar-refractivity contribution in [3.63, 3.8) is 0 Å².